The van der Waals surface area contributed by atoms with Gasteiger partial charge >= 0.3 is 0 Å². The third kappa shape index (κ3) is 2.36. The van der Waals surface area contributed by atoms with E-state index in [0.29, 0.717) is 6.42 Å². The zero-order chi connectivity index (χ0) is 10.7. The predicted molar refractivity (Wildman–Crippen MR) is 57.2 cm³/mol. The zero-order valence-corrected chi connectivity index (χ0v) is 8.52. The molecule has 2 atom stereocenters. The van der Waals surface area contributed by atoms with Crippen LogP contribution in [0.15, 0.2) is 30.3 Å². The van der Waals surface area contributed by atoms with Gasteiger partial charge in [-0.25, -0.2) is 0 Å². The molecule has 3 nitrogen and oxygen atoms in total. The zero-order valence-electron chi connectivity index (χ0n) is 8.52. The van der Waals surface area contributed by atoms with Gasteiger partial charge in [0.05, 0.1) is 12.1 Å². The number of carbonyl (C=O) groups is 1. The van der Waals surface area contributed by atoms with Gasteiger partial charge < -0.3 is 10.4 Å². The molecule has 1 saturated heterocycles. The van der Waals surface area contributed by atoms with Crippen molar-refractivity contribution in [1.82, 2.24) is 5.32 Å². The molecule has 1 aromatic rings. The van der Waals surface area contributed by atoms with Crippen LogP contribution in [0.4, 0.5) is 0 Å². The Balaban J connectivity index is 2.07. The molecule has 1 aliphatic heterocycles. The summed E-state index contributed by atoms with van der Waals surface area (Å²) in [5, 5.41) is 12.9. The average molecular weight is 205 g/mol. The number of hydrogen-bond donors (Lipinski definition) is 2. The number of nitrogens with one attached hydrogen (secondary N) is 1. The minimum absolute atomic E-state index is 0.0428. The van der Waals surface area contributed by atoms with Crippen molar-refractivity contribution in [2.45, 2.75) is 31.4 Å². The van der Waals surface area contributed by atoms with Gasteiger partial charge in [0.2, 0.25) is 5.91 Å². The van der Waals surface area contributed by atoms with Crippen molar-refractivity contribution < 1.29 is 9.90 Å². The number of carbonyl (C=O) groups excluding carboxylic acids is 1. The molecule has 0 spiro atoms. The Morgan fingerprint density at radius 3 is 2.73 bits per heavy atom. The maximum atomic E-state index is 11.2. The Labute approximate surface area is 89.1 Å². The van der Waals surface area contributed by atoms with E-state index in [2.05, 4.69) is 5.32 Å². The van der Waals surface area contributed by atoms with Gasteiger partial charge in [-0.05, 0) is 18.4 Å². The van der Waals surface area contributed by atoms with Crippen LogP contribution in [0.1, 0.15) is 30.9 Å². The Morgan fingerprint density at radius 2 is 2.07 bits per heavy atom. The third-order valence-electron chi connectivity index (χ3n) is 2.79. The standard InChI is InChI=1S/C12H15NO2/c14-11-8-4-7-10(13-11)12(15)9-5-2-1-3-6-9/h1-3,5-6,10,12,15H,4,7-8H2,(H,13,14)/t10-,12-/m0/s1. The maximum absolute atomic E-state index is 11.2. The molecule has 2 N–H and O–H groups in total. The molecule has 1 fully saturated rings. The summed E-state index contributed by atoms with van der Waals surface area (Å²) < 4.78 is 0. The lowest BCUT2D eigenvalue weighted by Gasteiger charge is -2.27. The fraction of sp³-hybridized carbons (Fsp3) is 0.417. The van der Waals surface area contributed by atoms with E-state index in [1.807, 2.05) is 30.3 Å². The number of hydrogen-bond acceptors (Lipinski definition) is 2. The Kier molecular flexibility index (Phi) is 3.02. The smallest absolute Gasteiger partial charge is 0.220 e. The van der Waals surface area contributed by atoms with E-state index in [1.54, 1.807) is 0 Å². The summed E-state index contributed by atoms with van der Waals surface area (Å²) in [7, 11) is 0. The van der Waals surface area contributed by atoms with E-state index in [4.69, 9.17) is 0 Å². The van der Waals surface area contributed by atoms with Crippen LogP contribution in [0, 0.1) is 0 Å². The molecule has 1 aromatic carbocycles. The van der Waals surface area contributed by atoms with Gasteiger partial charge in [-0.2, -0.15) is 0 Å². The molecule has 2 rings (SSSR count). The number of aliphatic hydroxyl groups excluding tert-OH is 1. The molecule has 0 bridgehead atoms. The van der Waals surface area contributed by atoms with E-state index in [-0.39, 0.29) is 11.9 Å². The quantitative estimate of drug-likeness (QED) is 0.766. The van der Waals surface area contributed by atoms with Crippen molar-refractivity contribution in [2.24, 2.45) is 0 Å². The lowest BCUT2D eigenvalue weighted by atomic mass is 9.95. The molecule has 1 amide bonds. The van der Waals surface area contributed by atoms with Crippen LogP contribution in [0.5, 0.6) is 0 Å². The van der Waals surface area contributed by atoms with E-state index >= 15 is 0 Å². The van der Waals surface area contributed by atoms with Crippen LogP contribution in [-0.2, 0) is 4.79 Å². The first-order valence-corrected chi connectivity index (χ1v) is 5.30. The lowest BCUT2D eigenvalue weighted by molar-refractivity contribution is -0.124. The van der Waals surface area contributed by atoms with Crippen LogP contribution in [0.25, 0.3) is 0 Å². The molecule has 0 radical (unpaired) electrons. The number of rotatable bonds is 2. The second kappa shape index (κ2) is 4.45. The summed E-state index contributed by atoms with van der Waals surface area (Å²) in [6, 6.07) is 9.33. The lowest BCUT2D eigenvalue weighted by Crippen LogP contribution is -2.42. The van der Waals surface area contributed by atoms with E-state index in [0.717, 1.165) is 18.4 Å². The third-order valence-corrected chi connectivity index (χ3v) is 2.79. The molecule has 3 heteroatoms. The molecular weight excluding hydrogens is 190 g/mol. The molecule has 80 valence electrons. The number of piperidine rings is 1. The summed E-state index contributed by atoms with van der Waals surface area (Å²) in [6.45, 7) is 0. The SMILES string of the molecule is O=C1CCC[C@@H]([C@@H](O)c2ccccc2)N1. The van der Waals surface area contributed by atoms with Crippen LogP contribution >= 0.6 is 0 Å². The largest absolute Gasteiger partial charge is 0.386 e. The molecule has 1 heterocycles. The van der Waals surface area contributed by atoms with Crippen molar-refractivity contribution in [3.63, 3.8) is 0 Å². The van der Waals surface area contributed by atoms with Gasteiger partial charge in [0.25, 0.3) is 0 Å². The van der Waals surface area contributed by atoms with Gasteiger partial charge in [-0.15, -0.1) is 0 Å². The number of amides is 1. The summed E-state index contributed by atoms with van der Waals surface area (Å²) in [5.41, 5.74) is 0.865. The van der Waals surface area contributed by atoms with Gasteiger partial charge in [0, 0.05) is 6.42 Å². The molecule has 0 unspecified atom stereocenters. The number of aliphatic hydroxyl groups is 1. The van der Waals surface area contributed by atoms with Crippen molar-refractivity contribution in [2.75, 3.05) is 0 Å². The highest BCUT2D eigenvalue weighted by molar-refractivity contribution is 5.77. The molecule has 15 heavy (non-hydrogen) atoms. The Bertz CT molecular complexity index is 337. The van der Waals surface area contributed by atoms with Crippen molar-refractivity contribution in [3.8, 4) is 0 Å². The molecule has 0 saturated carbocycles. The minimum Gasteiger partial charge on any atom is -0.386 e. The van der Waals surface area contributed by atoms with Crippen LogP contribution < -0.4 is 5.32 Å². The van der Waals surface area contributed by atoms with Gasteiger partial charge in [0.15, 0.2) is 0 Å². The van der Waals surface area contributed by atoms with Crippen LogP contribution in [0.2, 0.25) is 0 Å². The van der Waals surface area contributed by atoms with Crippen molar-refractivity contribution in [1.29, 1.82) is 0 Å². The van der Waals surface area contributed by atoms with E-state index in [1.165, 1.54) is 0 Å². The summed E-state index contributed by atoms with van der Waals surface area (Å²) in [5.74, 6) is 0.0428. The molecule has 1 aliphatic rings. The minimum atomic E-state index is -0.588. The topological polar surface area (TPSA) is 49.3 Å². The van der Waals surface area contributed by atoms with Gasteiger partial charge in [-0.3, -0.25) is 4.79 Å². The predicted octanol–water partition coefficient (Wildman–Crippen LogP) is 1.39. The Morgan fingerprint density at radius 1 is 1.33 bits per heavy atom. The molecule has 0 aliphatic carbocycles. The van der Waals surface area contributed by atoms with Crippen molar-refractivity contribution >= 4 is 5.91 Å². The second-order valence-corrected chi connectivity index (χ2v) is 3.92. The molecular formula is C12H15NO2. The van der Waals surface area contributed by atoms with E-state index in [9.17, 15) is 9.90 Å². The fourth-order valence-corrected chi connectivity index (χ4v) is 1.95. The summed E-state index contributed by atoms with van der Waals surface area (Å²) in [4.78, 5) is 11.2. The molecule has 0 aromatic heterocycles. The summed E-state index contributed by atoms with van der Waals surface area (Å²) >= 11 is 0. The van der Waals surface area contributed by atoms with Crippen LogP contribution in [-0.4, -0.2) is 17.1 Å². The second-order valence-electron chi connectivity index (χ2n) is 3.92. The summed E-state index contributed by atoms with van der Waals surface area (Å²) in [6.07, 6.45) is 1.70. The average Bonchev–Trinajstić information content (AvgIpc) is 2.29. The first-order valence-electron chi connectivity index (χ1n) is 5.30. The van der Waals surface area contributed by atoms with Gasteiger partial charge in [0.1, 0.15) is 0 Å². The van der Waals surface area contributed by atoms with Crippen LogP contribution in [0.3, 0.4) is 0 Å². The normalized spacial score (nSPS) is 23.3. The maximum Gasteiger partial charge on any atom is 0.220 e. The highest BCUT2D eigenvalue weighted by Crippen LogP contribution is 2.22. The van der Waals surface area contributed by atoms with Crippen molar-refractivity contribution in [3.05, 3.63) is 35.9 Å². The first-order chi connectivity index (χ1) is 7.27. The Hall–Kier alpha value is -1.35. The highest BCUT2D eigenvalue weighted by atomic mass is 16.3. The highest BCUT2D eigenvalue weighted by Gasteiger charge is 2.25. The number of benzene rings is 1. The van der Waals surface area contributed by atoms with Gasteiger partial charge in [-0.1, -0.05) is 30.3 Å². The van der Waals surface area contributed by atoms with E-state index < -0.39 is 6.10 Å². The monoisotopic (exact) mass is 205 g/mol. The fourth-order valence-electron chi connectivity index (χ4n) is 1.95. The first kappa shape index (κ1) is 10.2.